The molecule has 0 saturated carbocycles. The number of halogens is 1. The quantitative estimate of drug-likeness (QED) is 0.497. The molecule has 0 radical (unpaired) electrons. The van der Waals surface area contributed by atoms with E-state index in [0.29, 0.717) is 15.7 Å². The molecule has 1 aromatic carbocycles. The molecule has 146 valence electrons. The van der Waals surface area contributed by atoms with Crippen molar-refractivity contribution in [2.24, 2.45) is 5.92 Å². The van der Waals surface area contributed by atoms with Gasteiger partial charge in [-0.25, -0.2) is 4.98 Å². The van der Waals surface area contributed by atoms with Crippen molar-refractivity contribution in [3.05, 3.63) is 23.2 Å². The maximum atomic E-state index is 12.2. The molecule has 2 unspecified atom stereocenters. The lowest BCUT2D eigenvalue weighted by atomic mass is 10.0. The van der Waals surface area contributed by atoms with E-state index in [-0.39, 0.29) is 12.3 Å². The zero-order valence-corrected chi connectivity index (χ0v) is 16.3. The highest BCUT2D eigenvalue weighted by Gasteiger charge is 2.28. The minimum atomic E-state index is -1.33. The minimum absolute atomic E-state index is 0.0503. The highest BCUT2D eigenvalue weighted by molar-refractivity contribution is 7.22. The molecule has 27 heavy (non-hydrogen) atoms. The second kappa shape index (κ2) is 9.12. The average Bonchev–Trinajstić information content (AvgIpc) is 2.96. The summed E-state index contributed by atoms with van der Waals surface area (Å²) in [5.74, 6) is -2.99. The van der Waals surface area contributed by atoms with Gasteiger partial charge in [-0.3, -0.25) is 19.7 Å². The van der Waals surface area contributed by atoms with Gasteiger partial charge in [0.05, 0.1) is 16.1 Å². The van der Waals surface area contributed by atoms with Crippen molar-refractivity contribution >= 4 is 56.1 Å². The van der Waals surface area contributed by atoms with Gasteiger partial charge >= 0.3 is 11.9 Å². The van der Waals surface area contributed by atoms with Crippen LogP contribution in [0.2, 0.25) is 5.02 Å². The van der Waals surface area contributed by atoms with Crippen LogP contribution in [-0.2, 0) is 14.4 Å². The highest BCUT2D eigenvalue weighted by atomic mass is 35.5. The number of anilines is 1. The van der Waals surface area contributed by atoms with E-state index >= 15 is 0 Å². The van der Waals surface area contributed by atoms with Crippen molar-refractivity contribution in [1.82, 2.24) is 10.3 Å². The minimum Gasteiger partial charge on any atom is -0.480 e. The predicted octanol–water partition coefficient (Wildman–Crippen LogP) is 2.82. The van der Waals surface area contributed by atoms with Crippen LogP contribution >= 0.6 is 22.9 Å². The standard InChI is InChI=1S/C17H20ClN3O5S/c1-8(2)6-10(15(23)24)19-11(16(25)26)7-13(22)20-17-21-14-9(18)4-3-5-12(14)27-17/h3-5,8,10-11,19H,6-7H2,1-2H3,(H,23,24)(H,25,26)(H,20,21,22). The number of nitrogens with zero attached hydrogens (tertiary/aromatic N) is 1. The number of fused-ring (bicyclic) bond motifs is 1. The third kappa shape index (κ3) is 5.88. The van der Waals surface area contributed by atoms with E-state index in [2.05, 4.69) is 15.6 Å². The number of amides is 1. The Morgan fingerprint density at radius 2 is 1.85 bits per heavy atom. The number of nitrogens with one attached hydrogen (secondary N) is 2. The Hall–Kier alpha value is -2.23. The van der Waals surface area contributed by atoms with Crippen molar-refractivity contribution < 1.29 is 24.6 Å². The summed E-state index contributed by atoms with van der Waals surface area (Å²) in [6.07, 6.45) is -0.183. The number of aromatic nitrogens is 1. The van der Waals surface area contributed by atoms with E-state index in [4.69, 9.17) is 11.6 Å². The zero-order valence-electron chi connectivity index (χ0n) is 14.7. The van der Waals surface area contributed by atoms with Gasteiger partial charge in [-0.2, -0.15) is 0 Å². The average molecular weight is 414 g/mol. The van der Waals surface area contributed by atoms with Gasteiger partial charge in [-0.15, -0.1) is 0 Å². The molecular weight excluding hydrogens is 394 g/mol. The van der Waals surface area contributed by atoms with Gasteiger partial charge in [0.15, 0.2) is 5.13 Å². The summed E-state index contributed by atoms with van der Waals surface area (Å²) in [4.78, 5) is 39.2. The fourth-order valence-electron chi connectivity index (χ4n) is 2.50. The molecule has 0 aliphatic carbocycles. The SMILES string of the molecule is CC(C)CC(NC(CC(=O)Nc1nc2c(Cl)cccc2s1)C(=O)O)C(=O)O. The van der Waals surface area contributed by atoms with E-state index in [0.717, 1.165) is 4.70 Å². The number of aliphatic carboxylic acids is 2. The predicted molar refractivity (Wildman–Crippen MR) is 103 cm³/mol. The molecule has 10 heteroatoms. The third-order valence-corrected chi connectivity index (χ3v) is 4.95. The van der Waals surface area contributed by atoms with Crippen LogP contribution < -0.4 is 10.6 Å². The van der Waals surface area contributed by atoms with Crippen LogP contribution in [-0.4, -0.2) is 45.1 Å². The summed E-state index contributed by atoms with van der Waals surface area (Å²) in [5.41, 5.74) is 0.551. The summed E-state index contributed by atoms with van der Waals surface area (Å²) >= 11 is 7.26. The normalized spacial score (nSPS) is 13.5. The molecule has 1 amide bonds. The Morgan fingerprint density at radius 1 is 1.19 bits per heavy atom. The van der Waals surface area contributed by atoms with Gasteiger partial charge in [0.25, 0.3) is 0 Å². The molecule has 0 saturated heterocycles. The number of carboxylic acid groups (broad SMARTS) is 2. The molecule has 2 atom stereocenters. The molecule has 0 fully saturated rings. The second-order valence-electron chi connectivity index (χ2n) is 6.44. The van der Waals surface area contributed by atoms with Crippen molar-refractivity contribution in [3.8, 4) is 0 Å². The van der Waals surface area contributed by atoms with Crippen LogP contribution in [0.3, 0.4) is 0 Å². The number of hydrogen-bond donors (Lipinski definition) is 4. The number of thiazole rings is 1. The number of carbonyl (C=O) groups excluding carboxylic acids is 1. The molecule has 1 aromatic heterocycles. The summed E-state index contributed by atoms with van der Waals surface area (Å²) < 4.78 is 0.786. The van der Waals surface area contributed by atoms with Gasteiger partial charge in [0.2, 0.25) is 5.91 Å². The number of hydrogen-bond acceptors (Lipinski definition) is 6. The first-order valence-electron chi connectivity index (χ1n) is 8.24. The number of rotatable bonds is 9. The number of carbonyl (C=O) groups is 3. The fourth-order valence-corrected chi connectivity index (χ4v) is 3.68. The zero-order chi connectivity index (χ0) is 20.1. The Balaban J connectivity index is 2.06. The van der Waals surface area contributed by atoms with Crippen LogP contribution in [0.25, 0.3) is 10.2 Å². The van der Waals surface area contributed by atoms with E-state index in [1.54, 1.807) is 18.2 Å². The van der Waals surface area contributed by atoms with Crippen LogP contribution in [0.15, 0.2) is 18.2 Å². The van der Waals surface area contributed by atoms with Gasteiger partial charge in [0.1, 0.15) is 17.6 Å². The molecule has 1 heterocycles. The molecule has 4 N–H and O–H groups in total. The van der Waals surface area contributed by atoms with Crippen LogP contribution in [0.5, 0.6) is 0 Å². The van der Waals surface area contributed by atoms with Gasteiger partial charge < -0.3 is 15.5 Å². The Kier molecular flexibility index (Phi) is 7.11. The topological polar surface area (TPSA) is 129 Å². The maximum absolute atomic E-state index is 12.2. The first-order valence-corrected chi connectivity index (χ1v) is 9.43. The summed E-state index contributed by atoms with van der Waals surface area (Å²) in [7, 11) is 0. The number of para-hydroxylation sites is 1. The fraction of sp³-hybridized carbons (Fsp3) is 0.412. The Morgan fingerprint density at radius 3 is 2.41 bits per heavy atom. The molecular formula is C17H20ClN3O5S. The first kappa shape index (κ1) is 21.1. The molecule has 0 spiro atoms. The molecule has 0 aliphatic heterocycles. The number of benzene rings is 1. The monoisotopic (exact) mass is 413 g/mol. The summed E-state index contributed by atoms with van der Waals surface area (Å²) in [6.45, 7) is 3.66. The van der Waals surface area contributed by atoms with E-state index in [1.165, 1.54) is 11.3 Å². The highest BCUT2D eigenvalue weighted by Crippen LogP contribution is 2.30. The summed E-state index contributed by atoms with van der Waals surface area (Å²) in [6, 6.07) is 2.86. The van der Waals surface area contributed by atoms with Crippen molar-refractivity contribution in [2.75, 3.05) is 5.32 Å². The van der Waals surface area contributed by atoms with Crippen molar-refractivity contribution in [3.63, 3.8) is 0 Å². The molecule has 8 nitrogen and oxygen atoms in total. The lowest BCUT2D eigenvalue weighted by Gasteiger charge is -2.21. The summed E-state index contributed by atoms with van der Waals surface area (Å²) in [5, 5.41) is 24.4. The first-order chi connectivity index (χ1) is 12.7. The van der Waals surface area contributed by atoms with Crippen LogP contribution in [0.4, 0.5) is 5.13 Å². The van der Waals surface area contributed by atoms with E-state index < -0.39 is 36.4 Å². The van der Waals surface area contributed by atoms with Crippen LogP contribution in [0, 0.1) is 5.92 Å². The third-order valence-electron chi connectivity index (χ3n) is 3.71. The largest absolute Gasteiger partial charge is 0.480 e. The molecule has 0 aliphatic rings. The van der Waals surface area contributed by atoms with Crippen molar-refractivity contribution in [2.45, 2.75) is 38.8 Å². The molecule has 0 bridgehead atoms. The lowest BCUT2D eigenvalue weighted by Crippen LogP contribution is -2.49. The smallest absolute Gasteiger partial charge is 0.321 e. The molecule has 2 aromatic rings. The van der Waals surface area contributed by atoms with E-state index in [1.807, 2.05) is 13.8 Å². The molecule has 2 rings (SSSR count). The number of carboxylic acids is 2. The van der Waals surface area contributed by atoms with Crippen molar-refractivity contribution in [1.29, 1.82) is 0 Å². The Bertz CT molecular complexity index is 854. The maximum Gasteiger partial charge on any atom is 0.321 e. The van der Waals surface area contributed by atoms with E-state index in [9.17, 15) is 24.6 Å². The van der Waals surface area contributed by atoms with Crippen LogP contribution in [0.1, 0.15) is 26.7 Å². The Labute approximate surface area is 164 Å². The van der Waals surface area contributed by atoms with Gasteiger partial charge in [-0.1, -0.05) is 42.9 Å². The lowest BCUT2D eigenvalue weighted by molar-refractivity contribution is -0.144. The van der Waals surface area contributed by atoms with Gasteiger partial charge in [0, 0.05) is 0 Å². The second-order valence-corrected chi connectivity index (χ2v) is 7.87. The van der Waals surface area contributed by atoms with Gasteiger partial charge in [-0.05, 0) is 24.5 Å².